The summed E-state index contributed by atoms with van der Waals surface area (Å²) in [4.78, 5) is 72.7. The number of alkyl carbamates (subject to hydrolysis) is 1. The van der Waals surface area contributed by atoms with Crippen molar-refractivity contribution in [3.63, 3.8) is 0 Å². The standard InChI is InChI=1S/C26H47BN2O7.C16H30BNO4.C15H29BN2O5/c1-17(2)19(29-22(33)34-23(3,4)5)20(30)28-18-12-14-26(16-18,21(31)32)13-10-11-15-27-35-24(6,7)25(8,9)36-27;1-14(2)15(3,4)22-17(21-14)10-6-5-8-16(13(19)20)9-7-12(18)11-16;1-10(2)12(17)13(19)18-11-5-7-15(9-11,14(20)21)6-3-4-8-16(22)23/h17-19H,10-16H2,1-9H3,(H,28,30)(H,29,33)(H,31,32);12H,5-11,18H2,1-4H3,(H,19,20);10-12,22-23H,3-9,17H2,1-2H3,(H,18,19)(H,20,21)/t18-,19-,26+;12-,16+;11-,12-,15+/m000/s1. The van der Waals surface area contributed by atoms with Crippen LogP contribution in [0.2, 0.25) is 19.0 Å². The minimum absolute atomic E-state index is 0.0329. The number of carbonyl (C=O) groups excluding carboxylic acids is 3. The second kappa shape index (κ2) is 29.5. The number of hydrogen-bond acceptors (Lipinski definition) is 15. The van der Waals surface area contributed by atoms with E-state index in [9.17, 15) is 44.1 Å². The van der Waals surface area contributed by atoms with Gasteiger partial charge in [0, 0.05) is 18.1 Å². The fourth-order valence-corrected chi connectivity index (χ4v) is 11.6. The lowest BCUT2D eigenvalue weighted by Crippen LogP contribution is -2.52. The van der Waals surface area contributed by atoms with Crippen LogP contribution in [0.15, 0.2) is 0 Å². The molecule has 24 heteroatoms. The molecule has 5 rings (SSSR count). The molecule has 5 fully saturated rings. The van der Waals surface area contributed by atoms with Crippen LogP contribution in [0.25, 0.3) is 0 Å². The molecule has 464 valence electrons. The lowest BCUT2D eigenvalue weighted by atomic mass is 9.77. The third kappa shape index (κ3) is 20.9. The van der Waals surface area contributed by atoms with Crippen molar-refractivity contribution in [3.8, 4) is 0 Å². The summed E-state index contributed by atoms with van der Waals surface area (Å²) in [5.41, 5.74) is 7.43. The summed E-state index contributed by atoms with van der Waals surface area (Å²) in [6.07, 6.45) is 12.6. The van der Waals surface area contributed by atoms with Gasteiger partial charge in [0.25, 0.3) is 0 Å². The van der Waals surface area contributed by atoms with Gasteiger partial charge in [-0.25, -0.2) is 4.79 Å². The van der Waals surface area contributed by atoms with Crippen LogP contribution in [0.3, 0.4) is 0 Å². The lowest BCUT2D eigenvalue weighted by molar-refractivity contribution is -0.150. The first-order chi connectivity index (χ1) is 37.1. The molecule has 0 aromatic heterocycles. The number of carboxylic acids is 3. The molecule has 2 saturated heterocycles. The molecule has 3 saturated carbocycles. The molecule has 0 bridgehead atoms. The highest BCUT2D eigenvalue weighted by molar-refractivity contribution is 6.45. The topological polar surface area (TPSA) is 338 Å². The molecule has 3 amide bonds. The van der Waals surface area contributed by atoms with Gasteiger partial charge >= 0.3 is 45.4 Å². The molecule has 2 heterocycles. The van der Waals surface area contributed by atoms with E-state index in [-0.39, 0.29) is 84.7 Å². The number of nitrogens with two attached hydrogens (primary N) is 2. The fraction of sp³-hybridized carbons (Fsp3) is 0.895. The van der Waals surface area contributed by atoms with Crippen molar-refractivity contribution in [2.24, 2.45) is 39.5 Å². The SMILES string of the molecule is CC(C)[C@H](N)C(=O)N[C@H]1CC[C@@](CCCCB(O)O)(C(=O)O)C1.CC(C)[C@H](NC(=O)OC(C)(C)C)C(=O)N[C@H]1CC[C@@](CCCCB2OC(C)(C)C(C)(C)O2)(C(=O)O)C1.CC1(C)OB(CCCC[C@@]2(C(=O)O)CC[C@H](N)C2)OC1(C)C. The quantitative estimate of drug-likeness (QED) is 0.0309. The third-order valence-corrected chi connectivity index (χ3v) is 18.2. The maximum atomic E-state index is 13.0. The van der Waals surface area contributed by atoms with Gasteiger partial charge in [0.15, 0.2) is 0 Å². The Morgan fingerprint density at radius 2 is 0.963 bits per heavy atom. The summed E-state index contributed by atoms with van der Waals surface area (Å²) in [5, 5.41) is 55.3. The number of aliphatic carboxylic acids is 3. The third-order valence-electron chi connectivity index (χ3n) is 18.2. The minimum Gasteiger partial charge on any atom is -0.481 e. The zero-order valence-electron chi connectivity index (χ0n) is 52.0. The normalized spacial score (nSPS) is 27.8. The number of carbonyl (C=O) groups is 6. The highest BCUT2D eigenvalue weighted by atomic mass is 16.7. The predicted molar refractivity (Wildman–Crippen MR) is 313 cm³/mol. The summed E-state index contributed by atoms with van der Waals surface area (Å²) in [6, 6.07) is -1.72. The zero-order valence-corrected chi connectivity index (χ0v) is 52.0. The Balaban J connectivity index is 0.000000334. The smallest absolute Gasteiger partial charge is 0.457 e. The first-order valence-electron chi connectivity index (χ1n) is 30.0. The molecule has 0 aromatic carbocycles. The molecule has 0 radical (unpaired) electrons. The first kappa shape index (κ1) is 71.8. The Bertz CT molecular complexity index is 2060. The van der Waals surface area contributed by atoms with Gasteiger partial charge in [-0.05, 0) is 184 Å². The van der Waals surface area contributed by atoms with Crippen LogP contribution >= 0.6 is 0 Å². The van der Waals surface area contributed by atoms with Gasteiger partial charge in [-0.2, -0.15) is 0 Å². The Kier molecular flexibility index (Phi) is 26.2. The second-order valence-electron chi connectivity index (χ2n) is 27.9. The molecule has 12 N–H and O–H groups in total. The van der Waals surface area contributed by atoms with Gasteiger partial charge in [0.1, 0.15) is 11.6 Å². The van der Waals surface area contributed by atoms with Crippen LogP contribution < -0.4 is 27.4 Å². The fourth-order valence-electron chi connectivity index (χ4n) is 11.6. The highest BCUT2D eigenvalue weighted by Crippen LogP contribution is 2.46. The number of hydrogen-bond donors (Lipinski definition) is 10. The van der Waals surface area contributed by atoms with Gasteiger partial charge < -0.3 is 76.1 Å². The van der Waals surface area contributed by atoms with Crippen molar-refractivity contribution in [1.82, 2.24) is 16.0 Å². The van der Waals surface area contributed by atoms with E-state index in [1.54, 1.807) is 20.8 Å². The zero-order chi connectivity index (χ0) is 61.7. The molecule has 5 aliphatic rings. The molecule has 81 heavy (non-hydrogen) atoms. The summed E-state index contributed by atoms with van der Waals surface area (Å²) in [5.74, 6) is -3.01. The molecule has 21 nitrogen and oxygen atoms in total. The van der Waals surface area contributed by atoms with Crippen molar-refractivity contribution < 1.29 is 77.5 Å². The van der Waals surface area contributed by atoms with E-state index >= 15 is 0 Å². The summed E-state index contributed by atoms with van der Waals surface area (Å²) >= 11 is 0. The van der Waals surface area contributed by atoms with Crippen molar-refractivity contribution in [3.05, 3.63) is 0 Å². The Hall–Kier alpha value is -3.51. The Morgan fingerprint density at radius 3 is 1.30 bits per heavy atom. The average Bonchev–Trinajstić information content (AvgIpc) is 4.13. The number of unbranched alkanes of at least 4 members (excludes halogenated alkanes) is 3. The molecular weight excluding hydrogens is 1040 g/mol. The van der Waals surface area contributed by atoms with Crippen molar-refractivity contribution in [2.75, 3.05) is 0 Å². The van der Waals surface area contributed by atoms with Crippen LogP contribution in [-0.4, -0.2) is 141 Å². The number of carboxylic acid groups (broad SMARTS) is 3. The van der Waals surface area contributed by atoms with Crippen LogP contribution in [0.5, 0.6) is 0 Å². The molecule has 2 aliphatic heterocycles. The number of rotatable bonds is 25. The van der Waals surface area contributed by atoms with Gasteiger partial charge in [-0.3, -0.25) is 24.0 Å². The number of nitrogens with one attached hydrogen (secondary N) is 3. The molecule has 0 spiro atoms. The number of amides is 3. The molecule has 0 aromatic rings. The van der Waals surface area contributed by atoms with Crippen LogP contribution in [0.4, 0.5) is 4.79 Å². The predicted octanol–water partition coefficient (Wildman–Crippen LogP) is 7.72. The summed E-state index contributed by atoms with van der Waals surface area (Å²) in [7, 11) is -1.81. The Labute approximate surface area is 485 Å². The van der Waals surface area contributed by atoms with E-state index in [2.05, 4.69) is 16.0 Å². The molecule has 3 aliphatic carbocycles. The van der Waals surface area contributed by atoms with E-state index in [1.165, 1.54) is 0 Å². The Morgan fingerprint density at radius 1 is 0.593 bits per heavy atom. The van der Waals surface area contributed by atoms with Crippen molar-refractivity contribution in [2.45, 2.75) is 297 Å². The van der Waals surface area contributed by atoms with Crippen molar-refractivity contribution >= 4 is 57.2 Å². The molecular formula is C57H106B3N5O16. The maximum Gasteiger partial charge on any atom is 0.457 e. The summed E-state index contributed by atoms with van der Waals surface area (Å²) in [6.45, 7) is 29.0. The summed E-state index contributed by atoms with van der Waals surface area (Å²) < 4.78 is 29.3. The highest BCUT2D eigenvalue weighted by Gasteiger charge is 2.53. The van der Waals surface area contributed by atoms with Gasteiger partial charge in [0.2, 0.25) is 11.8 Å². The van der Waals surface area contributed by atoms with E-state index in [4.69, 9.17) is 44.9 Å². The minimum atomic E-state index is -1.34. The van der Waals surface area contributed by atoms with Gasteiger partial charge in [-0.1, -0.05) is 66.2 Å². The van der Waals surface area contributed by atoms with E-state index in [1.807, 2.05) is 83.1 Å². The average molecular weight is 1150 g/mol. The number of ether oxygens (including phenoxy) is 1. The van der Waals surface area contributed by atoms with Gasteiger partial charge in [0.05, 0.1) is 44.7 Å². The lowest BCUT2D eigenvalue weighted by Gasteiger charge is -2.32. The van der Waals surface area contributed by atoms with E-state index < -0.39 is 65.0 Å². The van der Waals surface area contributed by atoms with E-state index in [0.717, 1.165) is 44.7 Å². The molecule has 8 atom stereocenters. The van der Waals surface area contributed by atoms with Crippen LogP contribution in [0.1, 0.15) is 219 Å². The van der Waals surface area contributed by atoms with E-state index in [0.29, 0.717) is 83.5 Å². The van der Waals surface area contributed by atoms with Crippen molar-refractivity contribution in [1.29, 1.82) is 0 Å². The van der Waals surface area contributed by atoms with Crippen LogP contribution in [0, 0.1) is 28.1 Å². The van der Waals surface area contributed by atoms with Crippen LogP contribution in [-0.2, 0) is 47.3 Å². The first-order valence-corrected chi connectivity index (χ1v) is 30.0. The van der Waals surface area contributed by atoms with Gasteiger partial charge in [-0.15, -0.1) is 0 Å². The maximum absolute atomic E-state index is 13.0. The second-order valence-corrected chi connectivity index (χ2v) is 27.9. The molecule has 0 unspecified atom stereocenters. The largest absolute Gasteiger partial charge is 0.481 e. The monoisotopic (exact) mass is 1150 g/mol.